The maximum absolute atomic E-state index is 12.4. The fourth-order valence-corrected chi connectivity index (χ4v) is 3.61. The zero-order valence-corrected chi connectivity index (χ0v) is 12.8. The molecule has 7 heteroatoms. The summed E-state index contributed by atoms with van der Waals surface area (Å²) in [5, 5.41) is 0.841. The number of hydrogen-bond acceptors (Lipinski definition) is 4. The number of amides is 3. The summed E-state index contributed by atoms with van der Waals surface area (Å²) in [6, 6.07) is 6.73. The smallest absolute Gasteiger partial charge is 0.270 e. The maximum Gasteiger partial charge on any atom is 0.270 e. The third-order valence-electron chi connectivity index (χ3n) is 4.21. The van der Waals surface area contributed by atoms with Gasteiger partial charge in [0.1, 0.15) is 0 Å². The fourth-order valence-electron chi connectivity index (χ4n) is 3.21. The van der Waals surface area contributed by atoms with Crippen molar-refractivity contribution in [3.05, 3.63) is 46.5 Å². The molecule has 0 aromatic heterocycles. The van der Waals surface area contributed by atoms with Gasteiger partial charge in [0.25, 0.3) is 17.7 Å². The van der Waals surface area contributed by atoms with Crippen LogP contribution in [0.4, 0.5) is 0 Å². The fraction of sp³-hybridized carbons (Fsp3) is 0.267. The molecule has 22 heavy (non-hydrogen) atoms. The Morgan fingerprint density at radius 3 is 2.36 bits per heavy atom. The van der Waals surface area contributed by atoms with Gasteiger partial charge in [-0.1, -0.05) is 34.1 Å². The quantitative estimate of drug-likeness (QED) is 0.629. The molecule has 1 N–H and O–H groups in total. The molecule has 2 fully saturated rings. The van der Waals surface area contributed by atoms with Gasteiger partial charge in [-0.25, -0.2) is 0 Å². The number of rotatable bonds is 2. The van der Waals surface area contributed by atoms with E-state index in [9.17, 15) is 14.4 Å². The van der Waals surface area contributed by atoms with E-state index in [1.165, 1.54) is 0 Å². The minimum atomic E-state index is -0.523. The lowest BCUT2D eigenvalue weighted by atomic mass is 9.85. The highest BCUT2D eigenvalue weighted by Crippen LogP contribution is 2.44. The van der Waals surface area contributed by atoms with E-state index in [0.717, 1.165) is 9.48 Å². The second-order valence-corrected chi connectivity index (χ2v) is 6.38. The van der Waals surface area contributed by atoms with Crippen LogP contribution in [-0.2, 0) is 14.3 Å². The van der Waals surface area contributed by atoms with Gasteiger partial charge in [-0.3, -0.25) is 19.8 Å². The van der Waals surface area contributed by atoms with Crippen molar-refractivity contribution in [3.8, 4) is 0 Å². The number of carbonyl (C=O) groups excluding carboxylic acids is 3. The maximum atomic E-state index is 12.4. The lowest BCUT2D eigenvalue weighted by molar-refractivity contribution is -0.145. The molecular formula is C15H11BrN2O4. The van der Waals surface area contributed by atoms with Crippen LogP contribution in [0.1, 0.15) is 10.4 Å². The molecule has 0 radical (unpaired) electrons. The normalized spacial score (nSPS) is 31.8. The average molecular weight is 363 g/mol. The van der Waals surface area contributed by atoms with Crippen LogP contribution in [-0.4, -0.2) is 34.9 Å². The van der Waals surface area contributed by atoms with Gasteiger partial charge in [-0.2, -0.15) is 5.01 Å². The van der Waals surface area contributed by atoms with Gasteiger partial charge in [0.2, 0.25) is 0 Å². The molecular weight excluding hydrogens is 352 g/mol. The number of ether oxygens (including phenoxy) is 1. The molecule has 0 saturated carbocycles. The van der Waals surface area contributed by atoms with Gasteiger partial charge in [-0.15, -0.1) is 0 Å². The Hall–Kier alpha value is -1.99. The summed E-state index contributed by atoms with van der Waals surface area (Å²) in [5.74, 6) is -2.36. The number of hydrazine groups is 1. The Bertz CT molecular complexity index is 702. The number of nitrogens with zero attached hydrogens (tertiary/aromatic N) is 1. The molecule has 3 aliphatic rings. The highest BCUT2D eigenvalue weighted by atomic mass is 79.9. The van der Waals surface area contributed by atoms with Gasteiger partial charge in [-0.05, 0) is 18.2 Å². The van der Waals surface area contributed by atoms with E-state index < -0.39 is 29.6 Å². The van der Waals surface area contributed by atoms with Crippen LogP contribution in [0.3, 0.4) is 0 Å². The van der Waals surface area contributed by atoms with E-state index in [4.69, 9.17) is 4.74 Å². The van der Waals surface area contributed by atoms with Crippen LogP contribution in [0.5, 0.6) is 0 Å². The van der Waals surface area contributed by atoms with Gasteiger partial charge in [0.05, 0.1) is 24.0 Å². The molecule has 2 bridgehead atoms. The molecule has 6 nitrogen and oxygen atoms in total. The summed E-state index contributed by atoms with van der Waals surface area (Å²) in [6.07, 6.45) is 2.88. The first-order chi connectivity index (χ1) is 10.6. The standard InChI is InChI=1S/C15H11BrN2O4/c16-8-3-1-2-7(6-8)13(19)17-18-14(20)11-9-4-5-10(22-9)12(11)15(18)21/h1-6,9-12H,(H,17,19)/t9-,10-,11-,12-/m0/s1. The minimum absolute atomic E-state index is 0.362. The molecule has 4 atom stereocenters. The van der Waals surface area contributed by atoms with Crippen LogP contribution in [0.2, 0.25) is 0 Å². The average Bonchev–Trinajstić information content (AvgIpc) is 3.17. The molecule has 2 saturated heterocycles. The largest absolute Gasteiger partial charge is 0.365 e. The van der Waals surface area contributed by atoms with Gasteiger partial charge in [0, 0.05) is 10.0 Å². The van der Waals surface area contributed by atoms with E-state index in [-0.39, 0.29) is 12.2 Å². The van der Waals surface area contributed by atoms with E-state index in [1.54, 1.807) is 36.4 Å². The minimum Gasteiger partial charge on any atom is -0.365 e. The molecule has 4 rings (SSSR count). The lowest BCUT2D eigenvalue weighted by Crippen LogP contribution is -2.47. The Balaban J connectivity index is 1.56. The van der Waals surface area contributed by atoms with E-state index in [2.05, 4.69) is 21.4 Å². The molecule has 0 aliphatic carbocycles. The molecule has 0 spiro atoms. The van der Waals surface area contributed by atoms with Gasteiger partial charge >= 0.3 is 0 Å². The first kappa shape index (κ1) is 13.7. The molecule has 1 aromatic carbocycles. The Labute approximate surface area is 134 Å². The number of halogens is 1. The van der Waals surface area contributed by atoms with E-state index >= 15 is 0 Å². The van der Waals surface area contributed by atoms with E-state index in [0.29, 0.717) is 5.56 Å². The van der Waals surface area contributed by atoms with E-state index in [1.807, 2.05) is 0 Å². The van der Waals surface area contributed by atoms with Crippen molar-refractivity contribution in [2.75, 3.05) is 0 Å². The first-order valence-electron chi connectivity index (χ1n) is 6.84. The van der Waals surface area contributed by atoms with Crippen molar-refractivity contribution in [1.29, 1.82) is 0 Å². The molecule has 3 amide bonds. The first-order valence-corrected chi connectivity index (χ1v) is 7.64. The monoisotopic (exact) mass is 362 g/mol. The molecule has 112 valence electrons. The second kappa shape index (κ2) is 4.76. The summed E-state index contributed by atoms with van der Waals surface area (Å²) in [7, 11) is 0. The number of hydrogen-bond donors (Lipinski definition) is 1. The highest BCUT2D eigenvalue weighted by Gasteiger charge is 2.61. The zero-order valence-electron chi connectivity index (χ0n) is 11.2. The zero-order chi connectivity index (χ0) is 15.4. The third-order valence-corrected chi connectivity index (χ3v) is 4.70. The van der Waals surface area contributed by atoms with Crippen molar-refractivity contribution in [2.45, 2.75) is 12.2 Å². The number of fused-ring (bicyclic) bond motifs is 5. The Morgan fingerprint density at radius 2 is 1.77 bits per heavy atom. The SMILES string of the molecule is O=C(NN1C(=O)[C@@H]2[C@@H](C1=O)[C@@H]1C=C[C@@H]2O1)c1cccc(Br)c1. The van der Waals surface area contributed by atoms with Crippen molar-refractivity contribution < 1.29 is 19.1 Å². The predicted molar refractivity (Wildman–Crippen MR) is 78.2 cm³/mol. The third kappa shape index (κ3) is 1.85. The lowest BCUT2D eigenvalue weighted by Gasteiger charge is -2.18. The van der Waals surface area contributed by atoms with Crippen LogP contribution in [0.15, 0.2) is 40.9 Å². The molecule has 3 aliphatic heterocycles. The summed E-state index contributed by atoms with van der Waals surface area (Å²) >= 11 is 3.28. The van der Waals surface area contributed by atoms with Crippen molar-refractivity contribution in [1.82, 2.24) is 10.4 Å². The van der Waals surface area contributed by atoms with Gasteiger partial charge in [0.15, 0.2) is 0 Å². The summed E-state index contributed by atoms with van der Waals surface area (Å²) in [4.78, 5) is 37.0. The second-order valence-electron chi connectivity index (χ2n) is 5.46. The van der Waals surface area contributed by atoms with Gasteiger partial charge < -0.3 is 4.74 Å². The topological polar surface area (TPSA) is 75.7 Å². The highest BCUT2D eigenvalue weighted by molar-refractivity contribution is 9.10. The van der Waals surface area contributed by atoms with Crippen molar-refractivity contribution in [2.24, 2.45) is 11.8 Å². The summed E-state index contributed by atoms with van der Waals surface area (Å²) in [5.41, 5.74) is 2.78. The summed E-state index contributed by atoms with van der Waals surface area (Å²) in [6.45, 7) is 0. The number of carbonyl (C=O) groups is 3. The van der Waals surface area contributed by atoms with Crippen LogP contribution in [0.25, 0.3) is 0 Å². The molecule has 1 aromatic rings. The number of benzene rings is 1. The van der Waals surface area contributed by atoms with Crippen LogP contribution in [0, 0.1) is 11.8 Å². The summed E-state index contributed by atoms with van der Waals surface area (Å²) < 4.78 is 6.28. The molecule has 0 unspecified atom stereocenters. The number of nitrogens with one attached hydrogen (secondary N) is 1. The van der Waals surface area contributed by atoms with Crippen LogP contribution >= 0.6 is 15.9 Å². The predicted octanol–water partition coefficient (Wildman–Crippen LogP) is 1.03. The number of imide groups is 1. The van der Waals surface area contributed by atoms with Crippen LogP contribution < -0.4 is 5.43 Å². The Morgan fingerprint density at radius 1 is 1.14 bits per heavy atom. The molecule has 3 heterocycles. The van der Waals surface area contributed by atoms with Crippen molar-refractivity contribution >= 4 is 33.7 Å². The Kier molecular flexibility index (Phi) is 2.95. The van der Waals surface area contributed by atoms with Crippen molar-refractivity contribution in [3.63, 3.8) is 0 Å².